The zero-order chi connectivity index (χ0) is 20.4. The molecule has 29 heavy (non-hydrogen) atoms. The fourth-order valence-electron chi connectivity index (χ4n) is 4.16. The Morgan fingerprint density at radius 3 is 2.76 bits per heavy atom. The van der Waals surface area contributed by atoms with Crippen molar-refractivity contribution in [3.8, 4) is 5.75 Å². The number of urea groups is 1. The van der Waals surface area contributed by atoms with Crippen LogP contribution in [0.5, 0.6) is 5.75 Å². The molecular weight excluding hydrogens is 401 g/mol. The molecule has 3 heterocycles. The second-order valence-electron chi connectivity index (χ2n) is 7.86. The van der Waals surface area contributed by atoms with Crippen LogP contribution in [-0.4, -0.2) is 73.3 Å². The molecule has 2 atom stereocenters. The third-order valence-corrected chi connectivity index (χ3v) is 6.08. The Labute approximate surface area is 174 Å². The normalized spacial score (nSPS) is 25.4. The predicted molar refractivity (Wildman–Crippen MR) is 104 cm³/mol. The van der Waals surface area contributed by atoms with Gasteiger partial charge in [0.1, 0.15) is 6.61 Å². The quantitative estimate of drug-likeness (QED) is 0.806. The number of likely N-dealkylation sites (tertiary alicyclic amines) is 2. The third kappa shape index (κ3) is 4.75. The van der Waals surface area contributed by atoms with Gasteiger partial charge in [0.05, 0.1) is 18.8 Å². The molecule has 3 aliphatic rings. The standard InChI is InChI=1S/C20H25ClFN3O4/c21-14-1-2-17(15(22)9-14)28-11-13-3-6-24(7-4-13)20(27)25-8-5-18-16(10-25)23-19(26)12-29-18/h1-2,9,13,16,18H,3-8,10-12H2,(H,23,26)/t16-,18?/m1/s1. The van der Waals surface area contributed by atoms with Crippen LogP contribution in [0.4, 0.5) is 9.18 Å². The molecule has 0 radical (unpaired) electrons. The number of hydrogen-bond donors (Lipinski definition) is 1. The Morgan fingerprint density at radius 1 is 1.24 bits per heavy atom. The number of morpholine rings is 1. The number of carbonyl (C=O) groups is 2. The zero-order valence-corrected chi connectivity index (χ0v) is 16.9. The molecule has 3 aliphatic heterocycles. The highest BCUT2D eigenvalue weighted by Crippen LogP contribution is 2.25. The molecule has 3 amide bonds. The summed E-state index contributed by atoms with van der Waals surface area (Å²) in [7, 11) is 0. The van der Waals surface area contributed by atoms with E-state index in [0.29, 0.717) is 37.8 Å². The summed E-state index contributed by atoms with van der Waals surface area (Å²) in [6.45, 7) is 2.91. The molecule has 0 aromatic heterocycles. The average molecular weight is 426 g/mol. The molecule has 4 rings (SSSR count). The van der Waals surface area contributed by atoms with Crippen LogP contribution in [0.2, 0.25) is 5.02 Å². The first kappa shape index (κ1) is 20.2. The van der Waals surface area contributed by atoms with Gasteiger partial charge in [-0.3, -0.25) is 4.79 Å². The van der Waals surface area contributed by atoms with E-state index in [9.17, 15) is 14.0 Å². The van der Waals surface area contributed by atoms with Crippen LogP contribution in [0.1, 0.15) is 19.3 Å². The molecule has 0 saturated carbocycles. The minimum atomic E-state index is -0.465. The van der Waals surface area contributed by atoms with Crippen LogP contribution in [0.15, 0.2) is 18.2 Å². The molecule has 9 heteroatoms. The molecule has 0 spiro atoms. The second kappa shape index (κ2) is 8.75. The Balaban J connectivity index is 1.24. The van der Waals surface area contributed by atoms with Gasteiger partial charge in [0.25, 0.3) is 0 Å². The maximum Gasteiger partial charge on any atom is 0.320 e. The summed E-state index contributed by atoms with van der Waals surface area (Å²) in [5, 5.41) is 3.26. The summed E-state index contributed by atoms with van der Waals surface area (Å²) in [5.41, 5.74) is 0. The Hall–Kier alpha value is -2.06. The summed E-state index contributed by atoms with van der Waals surface area (Å²) in [6.07, 6.45) is 2.34. The van der Waals surface area contributed by atoms with Crippen molar-refractivity contribution >= 4 is 23.5 Å². The van der Waals surface area contributed by atoms with E-state index in [4.69, 9.17) is 21.1 Å². The summed E-state index contributed by atoms with van der Waals surface area (Å²) in [5.74, 6) is -0.121. The van der Waals surface area contributed by atoms with Crippen molar-refractivity contribution in [1.82, 2.24) is 15.1 Å². The second-order valence-corrected chi connectivity index (χ2v) is 8.29. The number of fused-ring (bicyclic) bond motifs is 1. The first-order chi connectivity index (χ1) is 14.0. The number of carbonyl (C=O) groups excluding carboxylic acids is 2. The van der Waals surface area contributed by atoms with E-state index in [1.807, 2.05) is 4.90 Å². The monoisotopic (exact) mass is 425 g/mol. The minimum absolute atomic E-state index is 0.00591. The van der Waals surface area contributed by atoms with E-state index >= 15 is 0 Å². The van der Waals surface area contributed by atoms with Crippen molar-refractivity contribution < 1.29 is 23.5 Å². The van der Waals surface area contributed by atoms with Crippen molar-refractivity contribution in [3.05, 3.63) is 29.0 Å². The largest absolute Gasteiger partial charge is 0.490 e. The first-order valence-corrected chi connectivity index (χ1v) is 10.4. The van der Waals surface area contributed by atoms with Gasteiger partial charge in [0, 0.05) is 31.2 Å². The van der Waals surface area contributed by atoms with Gasteiger partial charge in [-0.05, 0) is 43.4 Å². The van der Waals surface area contributed by atoms with E-state index in [1.165, 1.54) is 12.1 Å². The SMILES string of the molecule is O=C1COC2CCN(C(=O)N3CCC(COc4ccc(Cl)cc4F)CC3)C[C@H]2N1. The van der Waals surface area contributed by atoms with Gasteiger partial charge < -0.3 is 24.6 Å². The fraction of sp³-hybridized carbons (Fsp3) is 0.600. The molecule has 1 N–H and O–H groups in total. The summed E-state index contributed by atoms with van der Waals surface area (Å²) < 4.78 is 25.0. The van der Waals surface area contributed by atoms with E-state index < -0.39 is 5.82 Å². The number of nitrogens with one attached hydrogen (secondary N) is 1. The smallest absolute Gasteiger partial charge is 0.320 e. The van der Waals surface area contributed by atoms with Crippen molar-refractivity contribution in [2.75, 3.05) is 39.4 Å². The summed E-state index contributed by atoms with van der Waals surface area (Å²) in [6, 6.07) is 4.25. The maximum atomic E-state index is 13.8. The number of rotatable bonds is 3. The Morgan fingerprint density at radius 2 is 2.00 bits per heavy atom. The lowest BCUT2D eigenvalue weighted by atomic mass is 9.97. The van der Waals surface area contributed by atoms with Crippen molar-refractivity contribution in [2.24, 2.45) is 5.92 Å². The highest BCUT2D eigenvalue weighted by atomic mass is 35.5. The molecule has 0 aliphatic carbocycles. The van der Waals surface area contributed by atoms with Crippen LogP contribution in [0, 0.1) is 11.7 Å². The van der Waals surface area contributed by atoms with Crippen LogP contribution >= 0.6 is 11.6 Å². The molecule has 3 saturated heterocycles. The van der Waals surface area contributed by atoms with Crippen molar-refractivity contribution in [1.29, 1.82) is 0 Å². The van der Waals surface area contributed by atoms with Gasteiger partial charge in [0.2, 0.25) is 5.91 Å². The van der Waals surface area contributed by atoms with E-state index in [2.05, 4.69) is 5.32 Å². The highest BCUT2D eigenvalue weighted by molar-refractivity contribution is 6.30. The molecule has 158 valence electrons. The average Bonchev–Trinajstić information content (AvgIpc) is 2.72. The lowest BCUT2D eigenvalue weighted by Crippen LogP contribution is -2.62. The fourth-order valence-corrected chi connectivity index (χ4v) is 4.32. The lowest BCUT2D eigenvalue weighted by Gasteiger charge is -2.43. The number of halogens is 2. The van der Waals surface area contributed by atoms with E-state index in [1.54, 1.807) is 11.0 Å². The number of amides is 3. The van der Waals surface area contributed by atoms with Gasteiger partial charge in [0.15, 0.2) is 11.6 Å². The molecule has 0 bridgehead atoms. The van der Waals surface area contributed by atoms with E-state index in [0.717, 1.165) is 19.3 Å². The maximum absolute atomic E-state index is 13.8. The number of nitrogens with zero attached hydrogens (tertiary/aromatic N) is 2. The number of benzene rings is 1. The zero-order valence-electron chi connectivity index (χ0n) is 16.1. The molecular formula is C20H25ClFN3O4. The van der Waals surface area contributed by atoms with Crippen LogP contribution < -0.4 is 10.1 Å². The van der Waals surface area contributed by atoms with Gasteiger partial charge in [-0.2, -0.15) is 0 Å². The Kier molecular flexibility index (Phi) is 6.10. The van der Waals surface area contributed by atoms with Gasteiger partial charge in [-0.1, -0.05) is 11.6 Å². The van der Waals surface area contributed by atoms with Crippen LogP contribution in [0.25, 0.3) is 0 Å². The van der Waals surface area contributed by atoms with Crippen molar-refractivity contribution in [3.63, 3.8) is 0 Å². The number of hydrogen-bond acceptors (Lipinski definition) is 4. The molecule has 1 aromatic carbocycles. The summed E-state index contributed by atoms with van der Waals surface area (Å²) >= 11 is 5.76. The van der Waals surface area contributed by atoms with Crippen LogP contribution in [-0.2, 0) is 9.53 Å². The molecule has 1 aromatic rings. The van der Waals surface area contributed by atoms with Gasteiger partial charge in [-0.25, -0.2) is 9.18 Å². The number of piperidine rings is 2. The van der Waals surface area contributed by atoms with E-state index in [-0.39, 0.29) is 42.4 Å². The van der Waals surface area contributed by atoms with Gasteiger partial charge >= 0.3 is 6.03 Å². The minimum Gasteiger partial charge on any atom is -0.490 e. The predicted octanol–water partition coefficient (Wildman–Crippen LogP) is 2.28. The molecule has 3 fully saturated rings. The number of ether oxygens (including phenoxy) is 2. The Bertz CT molecular complexity index is 772. The summed E-state index contributed by atoms with van der Waals surface area (Å²) in [4.78, 5) is 28.1. The topological polar surface area (TPSA) is 71.1 Å². The first-order valence-electron chi connectivity index (χ1n) is 10.0. The van der Waals surface area contributed by atoms with Crippen LogP contribution in [0.3, 0.4) is 0 Å². The third-order valence-electron chi connectivity index (χ3n) is 5.85. The van der Waals surface area contributed by atoms with Crippen molar-refractivity contribution in [2.45, 2.75) is 31.4 Å². The molecule has 1 unspecified atom stereocenters. The lowest BCUT2D eigenvalue weighted by molar-refractivity contribution is -0.139. The van der Waals surface area contributed by atoms with Gasteiger partial charge in [-0.15, -0.1) is 0 Å². The molecule has 7 nitrogen and oxygen atoms in total. The highest BCUT2D eigenvalue weighted by Gasteiger charge is 2.38.